The van der Waals surface area contributed by atoms with Crippen LogP contribution in [0.15, 0.2) is 47.6 Å². The number of benzene rings is 1. The van der Waals surface area contributed by atoms with Gasteiger partial charge in [-0.05, 0) is 26.0 Å². The van der Waals surface area contributed by atoms with Gasteiger partial charge in [-0.25, -0.2) is 14.8 Å². The largest absolute Gasteiger partial charge is 0.478 e. The van der Waals surface area contributed by atoms with Gasteiger partial charge in [-0.15, -0.1) is 11.3 Å². The molecule has 0 amide bonds. The predicted molar refractivity (Wildman–Crippen MR) is 105 cm³/mol. The number of aromatic nitrogens is 2. The number of hydrogen-bond acceptors (Lipinski definition) is 6. The van der Waals surface area contributed by atoms with Crippen LogP contribution >= 0.6 is 11.3 Å². The molecule has 0 saturated heterocycles. The lowest BCUT2D eigenvalue weighted by atomic mass is 10.1. The van der Waals surface area contributed by atoms with Crippen LogP contribution < -0.4 is 5.73 Å². The van der Waals surface area contributed by atoms with E-state index in [1.54, 1.807) is 6.92 Å². The van der Waals surface area contributed by atoms with Crippen molar-refractivity contribution in [2.24, 2.45) is 10.9 Å². The second-order valence-electron chi connectivity index (χ2n) is 5.58. The highest BCUT2D eigenvalue weighted by molar-refractivity contribution is 7.15. The number of carboxylic acid groups (broad SMARTS) is 1. The molecule has 0 aliphatic carbocycles. The zero-order valence-corrected chi connectivity index (χ0v) is 15.7. The second-order valence-corrected chi connectivity index (χ2v) is 6.79. The van der Waals surface area contributed by atoms with E-state index < -0.39 is 5.97 Å². The number of carbonyl (C=O) groups is 1. The molecule has 1 aromatic carbocycles. The Morgan fingerprint density at radius 3 is 2.59 bits per heavy atom. The minimum atomic E-state index is -1.09. The van der Waals surface area contributed by atoms with Crippen LogP contribution in [0, 0.1) is 6.92 Å². The van der Waals surface area contributed by atoms with Crippen LogP contribution in [0.4, 0.5) is 0 Å². The van der Waals surface area contributed by atoms with E-state index in [9.17, 15) is 9.90 Å². The molecule has 0 saturated carbocycles. The Morgan fingerprint density at radius 2 is 1.93 bits per heavy atom. The zero-order chi connectivity index (χ0) is 19.4. The molecule has 0 aliphatic rings. The minimum absolute atomic E-state index is 0.0518. The summed E-state index contributed by atoms with van der Waals surface area (Å²) in [5, 5.41) is 14.1. The van der Waals surface area contributed by atoms with Crippen LogP contribution in [0.3, 0.4) is 0 Å². The molecule has 27 heavy (non-hydrogen) atoms. The molecule has 0 unspecified atom stereocenters. The minimum Gasteiger partial charge on any atom is -0.478 e. The fourth-order valence-corrected chi connectivity index (χ4v) is 3.38. The number of rotatable bonds is 6. The highest BCUT2D eigenvalue weighted by Crippen LogP contribution is 2.34. The molecule has 8 heteroatoms. The van der Waals surface area contributed by atoms with Crippen LogP contribution in [0.5, 0.6) is 0 Å². The maximum atomic E-state index is 11.7. The molecule has 3 N–H and O–H groups in total. The van der Waals surface area contributed by atoms with E-state index in [4.69, 9.17) is 10.6 Å². The van der Waals surface area contributed by atoms with Crippen molar-refractivity contribution in [1.82, 2.24) is 9.97 Å². The number of nitrogens with two attached hydrogens (primary N) is 1. The Morgan fingerprint density at radius 1 is 1.19 bits per heavy atom. The van der Waals surface area contributed by atoms with Gasteiger partial charge >= 0.3 is 5.97 Å². The summed E-state index contributed by atoms with van der Waals surface area (Å²) in [5.74, 6) is -1.01. The third kappa shape index (κ3) is 3.95. The average molecular weight is 382 g/mol. The fourth-order valence-electron chi connectivity index (χ4n) is 2.46. The van der Waals surface area contributed by atoms with Gasteiger partial charge in [-0.1, -0.05) is 35.5 Å². The van der Waals surface area contributed by atoms with Crippen molar-refractivity contribution in [2.45, 2.75) is 13.8 Å². The van der Waals surface area contributed by atoms with E-state index in [1.165, 1.54) is 23.5 Å². The molecule has 0 atom stereocenters. The van der Waals surface area contributed by atoms with E-state index >= 15 is 0 Å². The van der Waals surface area contributed by atoms with E-state index in [0.29, 0.717) is 18.0 Å². The molecule has 2 aromatic heterocycles. The number of thiazole rings is 1. The lowest BCUT2D eigenvalue weighted by molar-refractivity contribution is 0.0697. The van der Waals surface area contributed by atoms with E-state index in [1.807, 2.05) is 37.3 Å². The van der Waals surface area contributed by atoms with Crippen LogP contribution in [0.25, 0.3) is 22.0 Å². The first-order valence-corrected chi connectivity index (χ1v) is 9.06. The van der Waals surface area contributed by atoms with Gasteiger partial charge in [0.15, 0.2) is 5.84 Å². The number of pyridine rings is 1. The van der Waals surface area contributed by atoms with Crippen LogP contribution in [0.1, 0.15) is 27.9 Å². The van der Waals surface area contributed by atoms with Crippen molar-refractivity contribution in [2.75, 3.05) is 6.61 Å². The fraction of sp³-hybridized carbons (Fsp3) is 0.158. The maximum Gasteiger partial charge on any atom is 0.337 e. The summed E-state index contributed by atoms with van der Waals surface area (Å²) in [5.41, 5.74) is 8.00. The molecule has 0 aliphatic heterocycles. The zero-order valence-electron chi connectivity index (χ0n) is 14.8. The van der Waals surface area contributed by atoms with Crippen molar-refractivity contribution >= 4 is 23.1 Å². The van der Waals surface area contributed by atoms with Gasteiger partial charge in [0.2, 0.25) is 0 Å². The Kier molecular flexibility index (Phi) is 5.46. The maximum absolute atomic E-state index is 11.7. The topological polar surface area (TPSA) is 111 Å². The molecule has 3 rings (SSSR count). The third-order valence-electron chi connectivity index (χ3n) is 3.72. The summed E-state index contributed by atoms with van der Waals surface area (Å²) in [7, 11) is 0. The smallest absolute Gasteiger partial charge is 0.337 e. The van der Waals surface area contributed by atoms with Gasteiger partial charge in [0.25, 0.3) is 0 Å². The summed E-state index contributed by atoms with van der Waals surface area (Å²) >= 11 is 1.48. The highest BCUT2D eigenvalue weighted by Gasteiger charge is 2.21. The van der Waals surface area contributed by atoms with Gasteiger partial charge < -0.3 is 15.7 Å². The van der Waals surface area contributed by atoms with Crippen molar-refractivity contribution in [3.05, 3.63) is 58.6 Å². The number of nitrogens with zero attached hydrogens (tertiary/aromatic N) is 3. The Bertz CT molecular complexity index is 999. The molecule has 2 heterocycles. The molecule has 3 aromatic rings. The molecule has 0 spiro atoms. The number of amidine groups is 1. The molecule has 7 nitrogen and oxygen atoms in total. The van der Waals surface area contributed by atoms with Gasteiger partial charge in [0.1, 0.15) is 28.7 Å². The second kappa shape index (κ2) is 7.96. The summed E-state index contributed by atoms with van der Waals surface area (Å²) in [6.07, 6.45) is 0. The SMILES string of the molecule is CCON=C(N)c1ccc(C(=O)O)c(-c2nc(-c3ccccc3)sc2C)n1. The third-order valence-corrected chi connectivity index (χ3v) is 4.74. The molecular formula is C19H18N4O3S. The van der Waals surface area contributed by atoms with E-state index in [2.05, 4.69) is 15.1 Å². The predicted octanol–water partition coefficient (Wildman–Crippen LogP) is 3.54. The summed E-state index contributed by atoms with van der Waals surface area (Å²) in [4.78, 5) is 26.5. The monoisotopic (exact) mass is 382 g/mol. The standard InChI is InChI=1S/C19H18N4O3S/c1-3-26-23-17(20)14-10-9-13(19(24)25)16(21-14)15-11(2)27-18(22-15)12-7-5-4-6-8-12/h4-10H,3H2,1-2H3,(H2,20,23)(H,24,25). The van der Waals surface area contributed by atoms with Crippen LogP contribution in [-0.2, 0) is 4.84 Å². The number of carboxylic acids is 1. The quantitative estimate of drug-likeness (QED) is 0.383. The average Bonchev–Trinajstić information content (AvgIpc) is 3.07. The summed E-state index contributed by atoms with van der Waals surface area (Å²) in [6.45, 7) is 4.04. The number of hydrogen-bond donors (Lipinski definition) is 2. The Labute approximate surface area is 160 Å². The van der Waals surface area contributed by atoms with Gasteiger partial charge in [0, 0.05) is 10.4 Å². The van der Waals surface area contributed by atoms with Crippen LogP contribution in [-0.4, -0.2) is 33.5 Å². The summed E-state index contributed by atoms with van der Waals surface area (Å²) in [6, 6.07) is 12.7. The normalized spacial score (nSPS) is 11.4. The first-order valence-electron chi connectivity index (χ1n) is 8.24. The molecule has 0 bridgehead atoms. The molecule has 138 valence electrons. The number of oxime groups is 1. The van der Waals surface area contributed by atoms with Crippen molar-refractivity contribution in [3.63, 3.8) is 0 Å². The number of aromatic carboxylic acids is 1. The Balaban J connectivity index is 2.12. The highest BCUT2D eigenvalue weighted by atomic mass is 32.1. The van der Waals surface area contributed by atoms with Crippen molar-refractivity contribution in [1.29, 1.82) is 0 Å². The first-order chi connectivity index (χ1) is 13.0. The first kappa shape index (κ1) is 18.5. The number of aryl methyl sites for hydroxylation is 1. The van der Waals surface area contributed by atoms with E-state index in [0.717, 1.165) is 15.4 Å². The lowest BCUT2D eigenvalue weighted by Crippen LogP contribution is -2.17. The van der Waals surface area contributed by atoms with Gasteiger partial charge in [-0.3, -0.25) is 0 Å². The van der Waals surface area contributed by atoms with Crippen LogP contribution in [0.2, 0.25) is 0 Å². The van der Waals surface area contributed by atoms with Crippen molar-refractivity contribution < 1.29 is 14.7 Å². The molecule has 0 radical (unpaired) electrons. The lowest BCUT2D eigenvalue weighted by Gasteiger charge is -2.07. The van der Waals surface area contributed by atoms with Gasteiger partial charge in [-0.2, -0.15) is 0 Å². The molecule has 0 fully saturated rings. The van der Waals surface area contributed by atoms with Crippen molar-refractivity contribution in [3.8, 4) is 22.0 Å². The molecular weight excluding hydrogens is 364 g/mol. The summed E-state index contributed by atoms with van der Waals surface area (Å²) < 4.78 is 0. The van der Waals surface area contributed by atoms with Gasteiger partial charge in [0.05, 0.1) is 5.56 Å². The van der Waals surface area contributed by atoms with E-state index in [-0.39, 0.29) is 17.1 Å². The Hall–Kier alpha value is -3.26.